The van der Waals surface area contributed by atoms with Gasteiger partial charge in [-0.25, -0.2) is 0 Å². The molecular weight excluding hydrogens is 677 g/mol. The van der Waals surface area contributed by atoms with Gasteiger partial charge in [0.25, 0.3) is 0 Å². The van der Waals surface area contributed by atoms with Gasteiger partial charge in [-0.3, -0.25) is 0 Å². The molecule has 3 aromatic carbocycles. The molecule has 0 fully saturated rings. The van der Waals surface area contributed by atoms with Crippen LogP contribution >= 0.6 is 0 Å². The molecule has 0 spiro atoms. The van der Waals surface area contributed by atoms with Crippen LogP contribution < -0.4 is 0 Å². The maximum atomic E-state index is 4.64. The third-order valence-electron chi connectivity index (χ3n) is 8.10. The van der Waals surface area contributed by atoms with Crippen LogP contribution in [-0.4, -0.2) is 9.97 Å². The summed E-state index contributed by atoms with van der Waals surface area (Å²) < 4.78 is 0. The average Bonchev–Trinajstić information content (AvgIpc) is 2.97. The number of benzene rings is 3. The quantitative estimate of drug-likeness (QED) is 0.171. The van der Waals surface area contributed by atoms with E-state index in [1.807, 2.05) is 54.7 Å². The van der Waals surface area contributed by atoms with E-state index < -0.39 is 0 Å². The Kier molecular flexibility index (Phi) is 8.83. The standard InChI is InChI=1S/C27H30N.C11H8N.Ir/c1-25(2,3)18-14-15-20-22(17-18)26(4,5)21-12-10-11-19(24(21)27(20,6)7)23-13-8-9-16-28-23;1-2-6-10(7-3-1)11-8-4-5-9-12-11;/h8-10,12-17H,1-7H3;1-6,8-9H;/q2*-1;. The Labute approximate surface area is 259 Å². The van der Waals surface area contributed by atoms with Crippen LogP contribution in [0.1, 0.15) is 76.3 Å². The summed E-state index contributed by atoms with van der Waals surface area (Å²) in [4.78, 5) is 8.86. The minimum absolute atomic E-state index is 0. The van der Waals surface area contributed by atoms with Crippen LogP contribution in [0.25, 0.3) is 22.5 Å². The van der Waals surface area contributed by atoms with Crippen LogP contribution in [0, 0.1) is 12.1 Å². The maximum Gasteiger partial charge on any atom is 0.0160 e. The minimum Gasteiger partial charge on any atom is -0.305 e. The van der Waals surface area contributed by atoms with E-state index in [-0.39, 0.29) is 36.4 Å². The summed E-state index contributed by atoms with van der Waals surface area (Å²) in [7, 11) is 0. The maximum absolute atomic E-state index is 4.64. The zero-order chi connectivity index (χ0) is 28.5. The van der Waals surface area contributed by atoms with Crippen molar-refractivity contribution >= 4 is 0 Å². The Hall–Kier alpha value is -3.39. The molecule has 0 saturated heterocycles. The Balaban J connectivity index is 0.000000249. The molecule has 0 saturated carbocycles. The summed E-state index contributed by atoms with van der Waals surface area (Å²) in [5, 5.41) is 0. The fourth-order valence-corrected chi connectivity index (χ4v) is 5.81. The van der Waals surface area contributed by atoms with Crippen molar-refractivity contribution in [2.75, 3.05) is 0 Å². The smallest absolute Gasteiger partial charge is 0.0160 e. The first-order valence-corrected chi connectivity index (χ1v) is 14.0. The SMILES string of the molecule is CC(C)(C)c1ccc2c(c1)C(C)(C)c1cc[c-]c(-c3ccccn3)c1C2(C)C.[Ir].[c-]1ccccc1-c1ccccn1. The van der Waals surface area contributed by atoms with Crippen LogP contribution in [-0.2, 0) is 36.4 Å². The zero-order valence-electron chi connectivity index (χ0n) is 25.0. The van der Waals surface area contributed by atoms with Crippen molar-refractivity contribution in [1.82, 2.24) is 9.97 Å². The van der Waals surface area contributed by atoms with E-state index in [1.165, 1.54) is 27.8 Å². The Morgan fingerprint density at radius 3 is 1.85 bits per heavy atom. The second-order valence-electron chi connectivity index (χ2n) is 12.6. The summed E-state index contributed by atoms with van der Waals surface area (Å²) in [6.07, 6.45) is 3.66. The fourth-order valence-electron chi connectivity index (χ4n) is 5.81. The predicted molar refractivity (Wildman–Crippen MR) is 166 cm³/mol. The van der Waals surface area contributed by atoms with Crippen LogP contribution in [0.15, 0.2) is 103 Å². The number of pyridine rings is 2. The van der Waals surface area contributed by atoms with Crippen molar-refractivity contribution < 1.29 is 20.1 Å². The number of hydrogen-bond acceptors (Lipinski definition) is 2. The van der Waals surface area contributed by atoms with Gasteiger partial charge in [0.15, 0.2) is 0 Å². The minimum atomic E-state index is -0.110. The normalized spacial score (nSPS) is 14.4. The van der Waals surface area contributed by atoms with Crippen molar-refractivity contribution in [2.45, 2.75) is 64.7 Å². The zero-order valence-corrected chi connectivity index (χ0v) is 27.4. The molecule has 1 radical (unpaired) electrons. The van der Waals surface area contributed by atoms with Crippen LogP contribution in [0.4, 0.5) is 0 Å². The van der Waals surface area contributed by atoms with E-state index in [0.29, 0.717) is 0 Å². The number of hydrogen-bond donors (Lipinski definition) is 0. The molecule has 2 nitrogen and oxygen atoms in total. The third-order valence-corrected chi connectivity index (χ3v) is 8.10. The molecule has 0 bridgehead atoms. The second kappa shape index (κ2) is 11.8. The predicted octanol–water partition coefficient (Wildman–Crippen LogP) is 9.36. The molecule has 1 aliphatic carbocycles. The van der Waals surface area contributed by atoms with Crippen LogP contribution in [0.3, 0.4) is 0 Å². The summed E-state index contributed by atoms with van der Waals surface area (Å²) >= 11 is 0. The molecule has 0 unspecified atom stereocenters. The van der Waals surface area contributed by atoms with Gasteiger partial charge in [-0.05, 0) is 56.5 Å². The van der Waals surface area contributed by atoms with Crippen molar-refractivity contribution in [2.24, 2.45) is 0 Å². The first-order valence-electron chi connectivity index (χ1n) is 14.0. The fraction of sp³-hybridized carbons (Fsp3) is 0.263. The van der Waals surface area contributed by atoms with E-state index in [4.69, 9.17) is 0 Å². The van der Waals surface area contributed by atoms with Gasteiger partial charge in [0.05, 0.1) is 0 Å². The van der Waals surface area contributed by atoms with Gasteiger partial charge in [-0.15, -0.1) is 70.8 Å². The number of rotatable bonds is 2. The molecule has 41 heavy (non-hydrogen) atoms. The molecular formula is C38H38IrN2-2. The molecule has 2 heterocycles. The molecule has 1 aliphatic rings. The topological polar surface area (TPSA) is 25.8 Å². The molecule has 5 aromatic rings. The summed E-state index contributed by atoms with van der Waals surface area (Å²) in [6.45, 7) is 16.3. The molecule has 6 rings (SSSR count). The van der Waals surface area contributed by atoms with Crippen molar-refractivity contribution in [3.63, 3.8) is 0 Å². The van der Waals surface area contributed by atoms with Gasteiger partial charge in [0.2, 0.25) is 0 Å². The second-order valence-corrected chi connectivity index (χ2v) is 12.6. The largest absolute Gasteiger partial charge is 0.305 e. The van der Waals surface area contributed by atoms with Gasteiger partial charge < -0.3 is 9.97 Å². The summed E-state index contributed by atoms with van der Waals surface area (Å²) in [5.74, 6) is 0. The van der Waals surface area contributed by atoms with Gasteiger partial charge in [-0.1, -0.05) is 90.9 Å². The number of aromatic nitrogens is 2. The van der Waals surface area contributed by atoms with Gasteiger partial charge in [0.1, 0.15) is 0 Å². The number of nitrogens with zero attached hydrogens (tertiary/aromatic N) is 2. The van der Waals surface area contributed by atoms with Crippen LogP contribution in [0.5, 0.6) is 0 Å². The molecule has 0 amide bonds. The number of fused-ring (bicyclic) bond motifs is 2. The van der Waals surface area contributed by atoms with Crippen molar-refractivity contribution in [1.29, 1.82) is 0 Å². The van der Waals surface area contributed by atoms with Crippen molar-refractivity contribution in [3.05, 3.63) is 143 Å². The molecule has 3 heteroatoms. The molecule has 0 atom stereocenters. The van der Waals surface area contributed by atoms with Gasteiger partial charge in [0, 0.05) is 32.5 Å². The first-order chi connectivity index (χ1) is 19.0. The average molecular weight is 715 g/mol. The van der Waals surface area contributed by atoms with Crippen molar-refractivity contribution in [3.8, 4) is 22.5 Å². The summed E-state index contributed by atoms with van der Waals surface area (Å²) in [6, 6.07) is 37.9. The molecule has 0 aliphatic heterocycles. The Morgan fingerprint density at radius 2 is 1.27 bits per heavy atom. The van der Waals surface area contributed by atoms with Gasteiger partial charge >= 0.3 is 0 Å². The van der Waals surface area contributed by atoms with E-state index >= 15 is 0 Å². The molecule has 211 valence electrons. The van der Waals surface area contributed by atoms with E-state index in [0.717, 1.165) is 22.5 Å². The van der Waals surface area contributed by atoms with E-state index in [2.05, 4.69) is 113 Å². The van der Waals surface area contributed by atoms with E-state index in [9.17, 15) is 0 Å². The monoisotopic (exact) mass is 715 g/mol. The van der Waals surface area contributed by atoms with Crippen LogP contribution in [0.2, 0.25) is 0 Å². The Morgan fingerprint density at radius 1 is 0.610 bits per heavy atom. The van der Waals surface area contributed by atoms with E-state index in [1.54, 1.807) is 6.20 Å². The Bertz CT molecular complexity index is 1560. The summed E-state index contributed by atoms with van der Waals surface area (Å²) in [5.41, 5.74) is 11.1. The molecule has 2 aromatic heterocycles. The van der Waals surface area contributed by atoms with Gasteiger partial charge in [-0.2, -0.15) is 0 Å². The third kappa shape index (κ3) is 5.98. The first kappa shape index (κ1) is 30.6. The molecule has 0 N–H and O–H groups in total.